The summed E-state index contributed by atoms with van der Waals surface area (Å²) in [5.41, 5.74) is 2.17. The van der Waals surface area contributed by atoms with Crippen molar-refractivity contribution in [1.82, 2.24) is 15.5 Å². The van der Waals surface area contributed by atoms with Gasteiger partial charge in [0.1, 0.15) is 11.8 Å². The average Bonchev–Trinajstić information content (AvgIpc) is 2.85. The van der Waals surface area contributed by atoms with Crippen LogP contribution in [0.3, 0.4) is 0 Å². The number of nitrogens with zero attached hydrogens (tertiary/aromatic N) is 1. The van der Waals surface area contributed by atoms with E-state index in [0.29, 0.717) is 55.3 Å². The first-order chi connectivity index (χ1) is 16.3. The number of aryl methyl sites for hydroxylation is 1. The van der Waals surface area contributed by atoms with Crippen LogP contribution in [0.25, 0.3) is 0 Å². The predicted octanol–water partition coefficient (Wildman–Crippen LogP) is 3.43. The highest BCUT2D eigenvalue weighted by atomic mass is 16.5. The number of amides is 3. The van der Waals surface area contributed by atoms with Crippen LogP contribution in [0.2, 0.25) is 0 Å². The number of benzene rings is 2. The molecule has 0 bridgehead atoms. The molecule has 1 fully saturated rings. The number of ether oxygens (including phenoxy) is 1. The molecule has 34 heavy (non-hydrogen) atoms. The Balaban J connectivity index is 1.68. The Hall–Kier alpha value is -3.35. The molecule has 1 atom stereocenters. The molecule has 3 rings (SSSR count). The Kier molecular flexibility index (Phi) is 8.68. The second kappa shape index (κ2) is 11.7. The summed E-state index contributed by atoms with van der Waals surface area (Å²) in [6, 6.07) is 13.8. The predicted molar refractivity (Wildman–Crippen MR) is 132 cm³/mol. The van der Waals surface area contributed by atoms with E-state index in [-0.39, 0.29) is 23.6 Å². The molecule has 182 valence electrons. The van der Waals surface area contributed by atoms with E-state index in [1.807, 2.05) is 32.9 Å². The van der Waals surface area contributed by atoms with Crippen LogP contribution in [0.1, 0.15) is 53.0 Å². The van der Waals surface area contributed by atoms with Gasteiger partial charge in [0.05, 0.1) is 7.11 Å². The Morgan fingerprint density at radius 2 is 1.71 bits per heavy atom. The van der Waals surface area contributed by atoms with Gasteiger partial charge in [-0.25, -0.2) is 0 Å². The van der Waals surface area contributed by atoms with Gasteiger partial charge in [0, 0.05) is 30.8 Å². The zero-order valence-corrected chi connectivity index (χ0v) is 20.5. The standard InChI is InChI=1S/C27H35N3O4/c1-18(2)17-28-26(32)24(29-25(31)21-10-8-19(3)9-11-21)20-12-14-30(15-13-20)27(33)22-6-5-7-23(16-22)34-4/h5-11,16,18,20,24H,12-15,17H2,1-4H3,(H,28,32)(H,29,31)/t24-/m1/s1. The Labute approximate surface area is 201 Å². The minimum atomic E-state index is -0.651. The van der Waals surface area contributed by atoms with E-state index in [1.165, 1.54) is 0 Å². The number of carbonyl (C=O) groups is 3. The van der Waals surface area contributed by atoms with Crippen molar-refractivity contribution in [3.05, 3.63) is 65.2 Å². The summed E-state index contributed by atoms with van der Waals surface area (Å²) >= 11 is 0. The Bertz CT molecular complexity index is 995. The normalized spacial score (nSPS) is 15.0. The van der Waals surface area contributed by atoms with E-state index in [0.717, 1.165) is 5.56 Å². The second-order valence-electron chi connectivity index (χ2n) is 9.32. The summed E-state index contributed by atoms with van der Waals surface area (Å²) in [6.45, 7) is 7.61. The number of rotatable bonds is 8. The van der Waals surface area contributed by atoms with Gasteiger partial charge in [-0.2, -0.15) is 0 Å². The molecular formula is C27H35N3O4. The van der Waals surface area contributed by atoms with Crippen molar-refractivity contribution < 1.29 is 19.1 Å². The molecule has 0 aromatic heterocycles. The number of methoxy groups -OCH3 is 1. The Morgan fingerprint density at radius 3 is 2.32 bits per heavy atom. The van der Waals surface area contributed by atoms with Crippen LogP contribution >= 0.6 is 0 Å². The van der Waals surface area contributed by atoms with Crippen LogP contribution in [0.4, 0.5) is 0 Å². The van der Waals surface area contributed by atoms with E-state index in [1.54, 1.807) is 48.4 Å². The lowest BCUT2D eigenvalue weighted by molar-refractivity contribution is -0.124. The number of carbonyl (C=O) groups excluding carboxylic acids is 3. The smallest absolute Gasteiger partial charge is 0.253 e. The van der Waals surface area contributed by atoms with Gasteiger partial charge >= 0.3 is 0 Å². The van der Waals surface area contributed by atoms with Crippen LogP contribution in [-0.2, 0) is 4.79 Å². The molecule has 0 saturated carbocycles. The molecule has 1 heterocycles. The highest BCUT2D eigenvalue weighted by Gasteiger charge is 2.34. The zero-order chi connectivity index (χ0) is 24.7. The lowest BCUT2D eigenvalue weighted by Crippen LogP contribution is -2.54. The summed E-state index contributed by atoms with van der Waals surface area (Å²) < 4.78 is 5.23. The third kappa shape index (κ3) is 6.59. The molecule has 7 nitrogen and oxygen atoms in total. The van der Waals surface area contributed by atoms with E-state index in [9.17, 15) is 14.4 Å². The van der Waals surface area contributed by atoms with Crippen molar-refractivity contribution in [3.8, 4) is 5.75 Å². The molecule has 0 radical (unpaired) electrons. The summed E-state index contributed by atoms with van der Waals surface area (Å²) in [7, 11) is 1.57. The monoisotopic (exact) mass is 465 g/mol. The molecule has 2 aromatic rings. The van der Waals surface area contributed by atoms with Crippen molar-refractivity contribution >= 4 is 17.7 Å². The molecule has 3 amide bonds. The first-order valence-electron chi connectivity index (χ1n) is 11.9. The zero-order valence-electron chi connectivity index (χ0n) is 20.5. The highest BCUT2D eigenvalue weighted by Crippen LogP contribution is 2.24. The van der Waals surface area contributed by atoms with Gasteiger partial charge in [0.2, 0.25) is 5.91 Å². The van der Waals surface area contributed by atoms with Crippen molar-refractivity contribution in [1.29, 1.82) is 0 Å². The van der Waals surface area contributed by atoms with Gasteiger partial charge < -0.3 is 20.3 Å². The van der Waals surface area contributed by atoms with Gasteiger partial charge in [-0.1, -0.05) is 37.6 Å². The molecule has 0 spiro atoms. The Morgan fingerprint density at radius 1 is 1.03 bits per heavy atom. The topological polar surface area (TPSA) is 87.7 Å². The third-order valence-electron chi connectivity index (χ3n) is 6.18. The lowest BCUT2D eigenvalue weighted by Gasteiger charge is -2.36. The van der Waals surface area contributed by atoms with Crippen LogP contribution in [-0.4, -0.2) is 55.4 Å². The van der Waals surface area contributed by atoms with Gasteiger partial charge in [-0.15, -0.1) is 0 Å². The number of likely N-dealkylation sites (tertiary alicyclic amines) is 1. The number of hydrogen-bond donors (Lipinski definition) is 2. The van der Waals surface area contributed by atoms with Gasteiger partial charge in [0.15, 0.2) is 0 Å². The maximum atomic E-state index is 13.1. The summed E-state index contributed by atoms with van der Waals surface area (Å²) in [6.07, 6.45) is 1.26. The summed E-state index contributed by atoms with van der Waals surface area (Å²) in [4.78, 5) is 40.7. The number of nitrogens with one attached hydrogen (secondary N) is 2. The second-order valence-corrected chi connectivity index (χ2v) is 9.32. The maximum Gasteiger partial charge on any atom is 0.253 e. The van der Waals surface area contributed by atoms with Crippen LogP contribution in [0, 0.1) is 18.8 Å². The first kappa shape index (κ1) is 25.3. The highest BCUT2D eigenvalue weighted by molar-refractivity contribution is 5.98. The van der Waals surface area contributed by atoms with Crippen molar-refractivity contribution in [2.45, 2.75) is 39.7 Å². The van der Waals surface area contributed by atoms with E-state index in [2.05, 4.69) is 10.6 Å². The van der Waals surface area contributed by atoms with E-state index < -0.39 is 6.04 Å². The van der Waals surface area contributed by atoms with Crippen molar-refractivity contribution in [2.75, 3.05) is 26.7 Å². The molecular weight excluding hydrogens is 430 g/mol. The minimum Gasteiger partial charge on any atom is -0.497 e. The SMILES string of the molecule is COc1cccc(C(=O)N2CCC([C@@H](NC(=O)c3ccc(C)cc3)C(=O)NCC(C)C)CC2)c1. The van der Waals surface area contributed by atoms with Crippen LogP contribution in [0.5, 0.6) is 5.75 Å². The van der Waals surface area contributed by atoms with E-state index >= 15 is 0 Å². The van der Waals surface area contributed by atoms with Gasteiger partial charge in [-0.05, 0) is 61.9 Å². The number of hydrogen-bond acceptors (Lipinski definition) is 4. The fraction of sp³-hybridized carbons (Fsp3) is 0.444. The van der Waals surface area contributed by atoms with Gasteiger partial charge in [-0.3, -0.25) is 14.4 Å². The largest absolute Gasteiger partial charge is 0.497 e. The molecule has 1 aliphatic rings. The minimum absolute atomic E-state index is 0.0538. The third-order valence-corrected chi connectivity index (χ3v) is 6.18. The maximum absolute atomic E-state index is 13.1. The molecule has 2 aromatic carbocycles. The quantitative estimate of drug-likeness (QED) is 0.625. The molecule has 1 aliphatic heterocycles. The molecule has 7 heteroatoms. The lowest BCUT2D eigenvalue weighted by atomic mass is 9.88. The molecule has 2 N–H and O–H groups in total. The fourth-order valence-corrected chi connectivity index (χ4v) is 4.12. The van der Waals surface area contributed by atoms with Crippen LogP contribution < -0.4 is 15.4 Å². The first-order valence-corrected chi connectivity index (χ1v) is 11.9. The molecule has 1 saturated heterocycles. The number of piperidine rings is 1. The van der Waals surface area contributed by atoms with E-state index in [4.69, 9.17) is 4.74 Å². The summed E-state index contributed by atoms with van der Waals surface area (Å²) in [5, 5.41) is 5.94. The van der Waals surface area contributed by atoms with Crippen LogP contribution in [0.15, 0.2) is 48.5 Å². The molecule has 0 aliphatic carbocycles. The molecule has 0 unspecified atom stereocenters. The average molecular weight is 466 g/mol. The van der Waals surface area contributed by atoms with Crippen molar-refractivity contribution in [3.63, 3.8) is 0 Å². The van der Waals surface area contributed by atoms with Crippen molar-refractivity contribution in [2.24, 2.45) is 11.8 Å². The fourth-order valence-electron chi connectivity index (χ4n) is 4.12. The van der Waals surface area contributed by atoms with Gasteiger partial charge in [0.25, 0.3) is 11.8 Å². The summed E-state index contributed by atoms with van der Waals surface area (Å²) in [5.74, 6) is 0.394.